The Labute approximate surface area is 87.5 Å². The Morgan fingerprint density at radius 2 is 2.29 bits per heavy atom. The van der Waals surface area contributed by atoms with Crippen LogP contribution in [0.2, 0.25) is 5.02 Å². The van der Waals surface area contributed by atoms with Gasteiger partial charge in [-0.1, -0.05) is 23.7 Å². The van der Waals surface area contributed by atoms with E-state index in [9.17, 15) is 9.90 Å². The summed E-state index contributed by atoms with van der Waals surface area (Å²) in [5.41, 5.74) is 4.36. The summed E-state index contributed by atoms with van der Waals surface area (Å²) in [6.45, 7) is 1.53. The van der Waals surface area contributed by atoms with Gasteiger partial charge in [0.1, 0.15) is 0 Å². The summed E-state index contributed by atoms with van der Waals surface area (Å²) in [6, 6.07) is 6.73. The topological polar surface area (TPSA) is 63.3 Å². The van der Waals surface area contributed by atoms with Crippen molar-refractivity contribution in [2.24, 2.45) is 5.73 Å². The predicted octanol–water partition coefficient (Wildman–Crippen LogP) is 1.42. The smallest absolute Gasteiger partial charge is 0.220 e. The van der Waals surface area contributed by atoms with Gasteiger partial charge in [-0.15, -0.1) is 0 Å². The van der Waals surface area contributed by atoms with Gasteiger partial charge in [-0.25, -0.2) is 0 Å². The largest absolute Gasteiger partial charge is 0.385 e. The van der Waals surface area contributed by atoms with Crippen molar-refractivity contribution in [2.45, 2.75) is 18.9 Å². The van der Waals surface area contributed by atoms with E-state index in [1.54, 1.807) is 24.3 Å². The van der Waals surface area contributed by atoms with Gasteiger partial charge in [0.15, 0.2) is 0 Å². The number of carbonyl (C=O) groups excluding carboxylic acids is 1. The minimum absolute atomic E-state index is 0.118. The number of aliphatic hydroxyl groups is 1. The van der Waals surface area contributed by atoms with Crippen LogP contribution in [0.25, 0.3) is 0 Å². The van der Waals surface area contributed by atoms with Crippen molar-refractivity contribution in [2.75, 3.05) is 0 Å². The Kier molecular flexibility index (Phi) is 3.13. The van der Waals surface area contributed by atoms with E-state index in [1.807, 2.05) is 0 Å². The third-order valence-corrected chi connectivity index (χ3v) is 2.20. The predicted molar refractivity (Wildman–Crippen MR) is 54.8 cm³/mol. The molecule has 0 aliphatic carbocycles. The molecule has 1 unspecified atom stereocenters. The zero-order chi connectivity index (χ0) is 10.8. The van der Waals surface area contributed by atoms with Crippen molar-refractivity contribution in [3.63, 3.8) is 0 Å². The first-order valence-electron chi connectivity index (χ1n) is 4.18. The molecule has 0 aliphatic heterocycles. The van der Waals surface area contributed by atoms with Gasteiger partial charge in [0.2, 0.25) is 5.91 Å². The van der Waals surface area contributed by atoms with Crippen LogP contribution < -0.4 is 5.73 Å². The van der Waals surface area contributed by atoms with Crippen LogP contribution >= 0.6 is 11.6 Å². The van der Waals surface area contributed by atoms with Gasteiger partial charge in [-0.05, 0) is 24.6 Å². The van der Waals surface area contributed by atoms with Gasteiger partial charge in [0.05, 0.1) is 12.0 Å². The lowest BCUT2D eigenvalue weighted by molar-refractivity contribution is -0.122. The Bertz CT molecular complexity index is 350. The fourth-order valence-corrected chi connectivity index (χ4v) is 1.46. The SMILES string of the molecule is CC(O)(CC(N)=O)c1cccc(Cl)c1. The second-order valence-corrected chi connectivity index (χ2v) is 3.86. The lowest BCUT2D eigenvalue weighted by atomic mass is 9.92. The normalized spacial score (nSPS) is 14.8. The van der Waals surface area contributed by atoms with Gasteiger partial charge >= 0.3 is 0 Å². The molecule has 0 heterocycles. The maximum absolute atomic E-state index is 10.7. The van der Waals surface area contributed by atoms with Gasteiger partial charge in [-0.2, -0.15) is 0 Å². The minimum atomic E-state index is -1.25. The second-order valence-electron chi connectivity index (χ2n) is 3.43. The first-order chi connectivity index (χ1) is 6.42. The Morgan fingerprint density at radius 3 is 2.79 bits per heavy atom. The van der Waals surface area contributed by atoms with Gasteiger partial charge < -0.3 is 10.8 Å². The molecule has 1 rings (SSSR count). The van der Waals surface area contributed by atoms with Crippen molar-refractivity contribution in [3.8, 4) is 0 Å². The number of halogens is 1. The molecule has 0 saturated heterocycles. The molecule has 3 N–H and O–H groups in total. The minimum Gasteiger partial charge on any atom is -0.385 e. The Morgan fingerprint density at radius 1 is 1.64 bits per heavy atom. The number of hydrogen-bond donors (Lipinski definition) is 2. The molecule has 1 aromatic carbocycles. The van der Waals surface area contributed by atoms with E-state index in [2.05, 4.69) is 0 Å². The van der Waals surface area contributed by atoms with Gasteiger partial charge in [0.25, 0.3) is 0 Å². The van der Waals surface area contributed by atoms with Crippen molar-refractivity contribution in [1.82, 2.24) is 0 Å². The van der Waals surface area contributed by atoms with Gasteiger partial charge in [-0.3, -0.25) is 4.79 Å². The number of rotatable bonds is 3. The van der Waals surface area contributed by atoms with Crippen LogP contribution in [-0.4, -0.2) is 11.0 Å². The van der Waals surface area contributed by atoms with E-state index in [-0.39, 0.29) is 6.42 Å². The highest BCUT2D eigenvalue weighted by molar-refractivity contribution is 6.30. The first kappa shape index (κ1) is 11.0. The average molecular weight is 214 g/mol. The lowest BCUT2D eigenvalue weighted by Crippen LogP contribution is -2.28. The third kappa shape index (κ3) is 2.72. The van der Waals surface area contributed by atoms with E-state index in [4.69, 9.17) is 17.3 Å². The molecule has 0 saturated carbocycles. The molecule has 1 aromatic rings. The monoisotopic (exact) mass is 213 g/mol. The molecule has 0 aliphatic rings. The molecule has 4 heteroatoms. The number of nitrogens with two attached hydrogens (primary N) is 1. The second kappa shape index (κ2) is 3.98. The average Bonchev–Trinajstić information content (AvgIpc) is 2.01. The molecule has 76 valence electrons. The van der Waals surface area contributed by atoms with Crippen molar-refractivity contribution >= 4 is 17.5 Å². The summed E-state index contributed by atoms with van der Waals surface area (Å²) in [6.07, 6.45) is -0.118. The van der Waals surface area contributed by atoms with Crippen LogP contribution in [0.1, 0.15) is 18.9 Å². The van der Waals surface area contributed by atoms with Crippen molar-refractivity contribution < 1.29 is 9.90 Å². The van der Waals surface area contributed by atoms with Crippen LogP contribution in [-0.2, 0) is 10.4 Å². The molecule has 1 amide bonds. The summed E-state index contributed by atoms with van der Waals surface area (Å²) in [4.78, 5) is 10.7. The number of carbonyl (C=O) groups is 1. The number of hydrogen-bond acceptors (Lipinski definition) is 2. The summed E-state index contributed by atoms with van der Waals surface area (Å²) in [7, 11) is 0. The zero-order valence-electron chi connectivity index (χ0n) is 7.83. The third-order valence-electron chi connectivity index (χ3n) is 1.96. The molecule has 0 bridgehead atoms. The molecule has 0 radical (unpaired) electrons. The summed E-state index contributed by atoms with van der Waals surface area (Å²) >= 11 is 5.76. The Hall–Kier alpha value is -1.06. The standard InChI is InChI=1S/C10H12ClNO2/c1-10(14,6-9(12)13)7-3-2-4-8(11)5-7/h2-5,14H,6H2,1H3,(H2,12,13). The molecule has 0 aromatic heterocycles. The first-order valence-corrected chi connectivity index (χ1v) is 4.56. The highest BCUT2D eigenvalue weighted by Gasteiger charge is 2.25. The summed E-state index contributed by atoms with van der Waals surface area (Å²) < 4.78 is 0. The lowest BCUT2D eigenvalue weighted by Gasteiger charge is -2.22. The molecule has 0 fully saturated rings. The van der Waals surface area contributed by atoms with Crippen molar-refractivity contribution in [3.05, 3.63) is 34.9 Å². The molecule has 0 spiro atoms. The van der Waals surface area contributed by atoms with Crippen LogP contribution in [0.5, 0.6) is 0 Å². The van der Waals surface area contributed by atoms with E-state index in [1.165, 1.54) is 6.92 Å². The fraction of sp³-hybridized carbons (Fsp3) is 0.300. The van der Waals surface area contributed by atoms with E-state index in [0.717, 1.165) is 0 Å². The number of amides is 1. The quantitative estimate of drug-likeness (QED) is 0.798. The number of primary amides is 1. The molecule has 3 nitrogen and oxygen atoms in total. The zero-order valence-corrected chi connectivity index (χ0v) is 8.58. The van der Waals surface area contributed by atoms with Crippen molar-refractivity contribution in [1.29, 1.82) is 0 Å². The molecule has 14 heavy (non-hydrogen) atoms. The van der Waals surface area contributed by atoms with E-state index in [0.29, 0.717) is 10.6 Å². The van der Waals surface area contributed by atoms with E-state index < -0.39 is 11.5 Å². The van der Waals surface area contributed by atoms with Crippen LogP contribution in [0, 0.1) is 0 Å². The highest BCUT2D eigenvalue weighted by Crippen LogP contribution is 2.26. The maximum atomic E-state index is 10.7. The summed E-state index contributed by atoms with van der Waals surface area (Å²) in [5, 5.41) is 10.4. The molecular weight excluding hydrogens is 202 g/mol. The van der Waals surface area contributed by atoms with E-state index >= 15 is 0 Å². The van der Waals surface area contributed by atoms with Crippen LogP contribution in [0.4, 0.5) is 0 Å². The molecule has 1 atom stereocenters. The fourth-order valence-electron chi connectivity index (χ4n) is 1.26. The Balaban J connectivity index is 2.97. The highest BCUT2D eigenvalue weighted by atomic mass is 35.5. The number of benzene rings is 1. The summed E-state index contributed by atoms with van der Waals surface area (Å²) in [5.74, 6) is -0.546. The maximum Gasteiger partial charge on any atom is 0.220 e. The van der Waals surface area contributed by atoms with Gasteiger partial charge in [0, 0.05) is 5.02 Å². The van der Waals surface area contributed by atoms with Crippen LogP contribution in [0.3, 0.4) is 0 Å². The molecular formula is C10H12ClNO2. The van der Waals surface area contributed by atoms with Crippen LogP contribution in [0.15, 0.2) is 24.3 Å².